The van der Waals surface area contributed by atoms with Gasteiger partial charge in [0.25, 0.3) is 0 Å². The van der Waals surface area contributed by atoms with Crippen molar-refractivity contribution in [3.8, 4) is 0 Å². The molecule has 1 saturated heterocycles. The topological polar surface area (TPSA) is 47.0 Å². The summed E-state index contributed by atoms with van der Waals surface area (Å²) in [4.78, 5) is 15.9. The Labute approximate surface area is 199 Å². The number of likely N-dealkylation sites (N-methyl/N-ethyl adjacent to an activating group) is 1. The van der Waals surface area contributed by atoms with Gasteiger partial charge >= 0.3 is 0 Å². The second kappa shape index (κ2) is 11.7. The molecule has 158 valence electrons. The summed E-state index contributed by atoms with van der Waals surface area (Å²) < 4.78 is 1.09. The SMILES string of the molecule is CN=C(NCc1ccc(N2CCN(C)CC2)nc1)N(C)Cc1ccc(Br)cc1.I. The number of nitrogens with zero attached hydrogens (tertiary/aromatic N) is 5. The molecule has 1 aromatic carbocycles. The van der Waals surface area contributed by atoms with Crippen LogP contribution in [0.2, 0.25) is 0 Å². The fraction of sp³-hybridized carbons (Fsp3) is 0.429. The van der Waals surface area contributed by atoms with Crippen molar-refractivity contribution >= 4 is 51.7 Å². The van der Waals surface area contributed by atoms with Crippen LogP contribution in [0.15, 0.2) is 52.1 Å². The maximum absolute atomic E-state index is 4.66. The molecular formula is C21H30BrIN6. The van der Waals surface area contributed by atoms with Gasteiger partial charge in [0.15, 0.2) is 5.96 Å². The molecule has 0 amide bonds. The number of hydrogen-bond donors (Lipinski definition) is 1. The first-order chi connectivity index (χ1) is 13.5. The molecule has 29 heavy (non-hydrogen) atoms. The Hall–Kier alpha value is -1.39. The Kier molecular flexibility index (Phi) is 9.64. The lowest BCUT2D eigenvalue weighted by molar-refractivity contribution is 0.312. The Balaban J connectivity index is 0.00000300. The molecule has 1 fully saturated rings. The molecule has 0 unspecified atom stereocenters. The third-order valence-corrected chi connectivity index (χ3v) is 5.52. The second-order valence-electron chi connectivity index (χ2n) is 7.20. The van der Waals surface area contributed by atoms with Crippen LogP contribution in [0, 0.1) is 0 Å². The Morgan fingerprint density at radius 3 is 2.34 bits per heavy atom. The van der Waals surface area contributed by atoms with Gasteiger partial charge in [0, 0.05) is 64.0 Å². The summed E-state index contributed by atoms with van der Waals surface area (Å²) in [5.74, 6) is 1.93. The van der Waals surface area contributed by atoms with Crippen LogP contribution in [-0.4, -0.2) is 68.1 Å². The number of benzene rings is 1. The van der Waals surface area contributed by atoms with E-state index in [9.17, 15) is 0 Å². The van der Waals surface area contributed by atoms with Crippen molar-refractivity contribution in [2.45, 2.75) is 13.1 Å². The van der Waals surface area contributed by atoms with Gasteiger partial charge < -0.3 is 20.0 Å². The number of aliphatic imine (C=N–C) groups is 1. The molecule has 0 atom stereocenters. The second-order valence-corrected chi connectivity index (χ2v) is 8.11. The maximum Gasteiger partial charge on any atom is 0.193 e. The fourth-order valence-corrected chi connectivity index (χ4v) is 3.51. The maximum atomic E-state index is 4.66. The highest BCUT2D eigenvalue weighted by Gasteiger charge is 2.15. The predicted molar refractivity (Wildman–Crippen MR) is 135 cm³/mol. The largest absolute Gasteiger partial charge is 0.354 e. The van der Waals surface area contributed by atoms with Crippen LogP contribution in [0.1, 0.15) is 11.1 Å². The van der Waals surface area contributed by atoms with Crippen LogP contribution in [0.25, 0.3) is 0 Å². The lowest BCUT2D eigenvalue weighted by atomic mass is 10.2. The van der Waals surface area contributed by atoms with Gasteiger partial charge in [-0.3, -0.25) is 4.99 Å². The van der Waals surface area contributed by atoms with Crippen molar-refractivity contribution in [2.24, 2.45) is 4.99 Å². The molecule has 2 aromatic rings. The normalized spacial score (nSPS) is 15.0. The first-order valence-electron chi connectivity index (χ1n) is 9.60. The third-order valence-electron chi connectivity index (χ3n) is 4.99. The highest BCUT2D eigenvalue weighted by Crippen LogP contribution is 2.14. The Morgan fingerprint density at radius 1 is 1.10 bits per heavy atom. The van der Waals surface area contributed by atoms with Crippen molar-refractivity contribution in [3.05, 3.63) is 58.2 Å². The van der Waals surface area contributed by atoms with Gasteiger partial charge in [-0.15, -0.1) is 24.0 Å². The lowest BCUT2D eigenvalue weighted by Gasteiger charge is -2.33. The number of anilines is 1. The van der Waals surface area contributed by atoms with E-state index in [0.717, 1.165) is 54.5 Å². The van der Waals surface area contributed by atoms with Crippen molar-refractivity contribution in [2.75, 3.05) is 52.2 Å². The zero-order chi connectivity index (χ0) is 19.9. The molecule has 0 bridgehead atoms. The van der Waals surface area contributed by atoms with Crippen LogP contribution < -0.4 is 10.2 Å². The summed E-state index contributed by atoms with van der Waals surface area (Å²) in [6.07, 6.45) is 1.96. The Bertz CT molecular complexity index is 773. The van der Waals surface area contributed by atoms with E-state index in [2.05, 4.69) is 89.4 Å². The molecule has 0 saturated carbocycles. The van der Waals surface area contributed by atoms with Crippen molar-refractivity contribution < 1.29 is 0 Å². The average Bonchev–Trinajstić information content (AvgIpc) is 2.71. The Morgan fingerprint density at radius 2 is 1.76 bits per heavy atom. The van der Waals surface area contributed by atoms with Gasteiger partial charge in [-0.1, -0.05) is 34.1 Å². The molecule has 0 spiro atoms. The van der Waals surface area contributed by atoms with E-state index in [1.54, 1.807) is 0 Å². The third kappa shape index (κ3) is 7.11. The first-order valence-corrected chi connectivity index (χ1v) is 10.4. The van der Waals surface area contributed by atoms with Crippen molar-refractivity contribution in [1.82, 2.24) is 20.1 Å². The van der Waals surface area contributed by atoms with E-state index < -0.39 is 0 Å². The minimum absolute atomic E-state index is 0. The predicted octanol–water partition coefficient (Wildman–Crippen LogP) is 3.42. The quantitative estimate of drug-likeness (QED) is 0.338. The molecule has 1 aliphatic heterocycles. The number of guanidine groups is 1. The van der Waals surface area contributed by atoms with Gasteiger partial charge in [-0.2, -0.15) is 0 Å². The summed E-state index contributed by atoms with van der Waals surface area (Å²) in [6.45, 7) is 5.75. The summed E-state index contributed by atoms with van der Waals surface area (Å²) in [7, 11) is 6.03. The number of halogens is 2. The van der Waals surface area contributed by atoms with Gasteiger partial charge in [0.05, 0.1) is 0 Å². The van der Waals surface area contributed by atoms with Crippen LogP contribution in [0.5, 0.6) is 0 Å². The molecule has 1 aromatic heterocycles. The standard InChI is InChI=1S/C21H29BrN6.HI/c1-23-21(27(3)16-17-4-7-19(22)8-5-17)25-15-18-6-9-20(24-14-18)28-12-10-26(2)11-13-28;/h4-9,14H,10-13,15-16H2,1-3H3,(H,23,25);1H. The number of piperazine rings is 1. The molecule has 1 N–H and O–H groups in total. The highest BCUT2D eigenvalue weighted by molar-refractivity contribution is 14.0. The van der Waals surface area contributed by atoms with Crippen LogP contribution in [-0.2, 0) is 13.1 Å². The lowest BCUT2D eigenvalue weighted by Crippen LogP contribution is -2.44. The average molecular weight is 573 g/mol. The number of hydrogen-bond acceptors (Lipinski definition) is 4. The van der Waals surface area contributed by atoms with Gasteiger partial charge in [-0.05, 0) is 36.4 Å². The summed E-state index contributed by atoms with van der Waals surface area (Å²) in [5.41, 5.74) is 2.39. The minimum atomic E-state index is 0. The minimum Gasteiger partial charge on any atom is -0.354 e. The molecule has 6 nitrogen and oxygen atoms in total. The van der Waals surface area contributed by atoms with E-state index in [1.165, 1.54) is 5.56 Å². The fourth-order valence-electron chi connectivity index (χ4n) is 3.25. The number of rotatable bonds is 5. The zero-order valence-corrected chi connectivity index (χ0v) is 21.2. The van der Waals surface area contributed by atoms with Crippen molar-refractivity contribution in [3.63, 3.8) is 0 Å². The molecule has 3 rings (SSSR count). The van der Waals surface area contributed by atoms with Gasteiger partial charge in [-0.25, -0.2) is 4.98 Å². The van der Waals surface area contributed by atoms with E-state index in [0.29, 0.717) is 6.54 Å². The van der Waals surface area contributed by atoms with Crippen LogP contribution >= 0.6 is 39.9 Å². The smallest absolute Gasteiger partial charge is 0.193 e. The van der Waals surface area contributed by atoms with E-state index in [1.807, 2.05) is 20.3 Å². The number of aromatic nitrogens is 1. The molecular weight excluding hydrogens is 543 g/mol. The zero-order valence-electron chi connectivity index (χ0n) is 17.3. The summed E-state index contributed by atoms with van der Waals surface area (Å²) in [5, 5.41) is 3.43. The van der Waals surface area contributed by atoms with E-state index in [-0.39, 0.29) is 24.0 Å². The monoisotopic (exact) mass is 572 g/mol. The summed E-state index contributed by atoms with van der Waals surface area (Å²) in [6, 6.07) is 12.6. The molecule has 0 aliphatic carbocycles. The number of nitrogens with one attached hydrogen (secondary N) is 1. The number of pyridine rings is 1. The molecule has 1 aliphatic rings. The van der Waals surface area contributed by atoms with Crippen LogP contribution in [0.3, 0.4) is 0 Å². The van der Waals surface area contributed by atoms with E-state index >= 15 is 0 Å². The van der Waals surface area contributed by atoms with Crippen molar-refractivity contribution in [1.29, 1.82) is 0 Å². The molecule has 8 heteroatoms. The highest BCUT2D eigenvalue weighted by atomic mass is 127. The van der Waals surface area contributed by atoms with Gasteiger partial charge in [0.2, 0.25) is 0 Å². The van der Waals surface area contributed by atoms with Crippen LogP contribution in [0.4, 0.5) is 5.82 Å². The van der Waals surface area contributed by atoms with Gasteiger partial charge in [0.1, 0.15) is 5.82 Å². The molecule has 0 radical (unpaired) electrons. The molecule has 2 heterocycles. The first kappa shape index (κ1) is 23.9. The van der Waals surface area contributed by atoms with E-state index in [4.69, 9.17) is 0 Å². The summed E-state index contributed by atoms with van der Waals surface area (Å²) >= 11 is 3.48.